The normalized spacial score (nSPS) is 13.5. The van der Waals surface area contributed by atoms with Gasteiger partial charge in [-0.15, -0.1) is 0 Å². The molecule has 2 aromatic rings. The van der Waals surface area contributed by atoms with Crippen molar-refractivity contribution in [2.24, 2.45) is 0 Å². The van der Waals surface area contributed by atoms with Crippen molar-refractivity contribution in [3.63, 3.8) is 0 Å². The van der Waals surface area contributed by atoms with Crippen molar-refractivity contribution in [2.45, 2.75) is 78.0 Å². The lowest BCUT2D eigenvalue weighted by atomic mass is 10.2. The lowest BCUT2D eigenvalue weighted by Crippen LogP contribution is -2.46. The van der Waals surface area contributed by atoms with Crippen molar-refractivity contribution in [3.8, 4) is 0 Å². The summed E-state index contributed by atoms with van der Waals surface area (Å²) < 4.78 is 2.20. The molecule has 162 valence electrons. The maximum Gasteiger partial charge on any atom is 0.242 e. The predicted molar refractivity (Wildman–Crippen MR) is 120 cm³/mol. The van der Waals surface area contributed by atoms with E-state index in [1.807, 2.05) is 47.9 Å². The van der Waals surface area contributed by atoms with Crippen LogP contribution in [0.4, 0.5) is 0 Å². The van der Waals surface area contributed by atoms with Crippen molar-refractivity contribution < 1.29 is 9.59 Å². The van der Waals surface area contributed by atoms with E-state index in [2.05, 4.69) is 35.9 Å². The average Bonchev–Trinajstić information content (AvgIpc) is 3.49. The van der Waals surface area contributed by atoms with Crippen molar-refractivity contribution in [3.05, 3.63) is 59.9 Å². The van der Waals surface area contributed by atoms with Crippen LogP contribution in [0.3, 0.4) is 0 Å². The topological polar surface area (TPSA) is 45.6 Å². The monoisotopic (exact) mass is 409 g/mol. The molecule has 1 aromatic carbocycles. The minimum Gasteiger partial charge on any atom is -0.345 e. The molecule has 1 aliphatic rings. The van der Waals surface area contributed by atoms with Gasteiger partial charge in [-0.3, -0.25) is 9.59 Å². The van der Waals surface area contributed by atoms with Crippen LogP contribution in [0.25, 0.3) is 0 Å². The fourth-order valence-electron chi connectivity index (χ4n) is 3.78. The molecule has 0 atom stereocenters. The molecule has 1 aromatic heterocycles. The van der Waals surface area contributed by atoms with Crippen LogP contribution in [0.2, 0.25) is 0 Å². The van der Waals surface area contributed by atoms with Crippen molar-refractivity contribution in [1.82, 2.24) is 14.4 Å². The third-order valence-corrected chi connectivity index (χ3v) is 5.75. The molecule has 1 fully saturated rings. The molecule has 0 unspecified atom stereocenters. The van der Waals surface area contributed by atoms with E-state index in [9.17, 15) is 9.59 Å². The highest BCUT2D eigenvalue weighted by Crippen LogP contribution is 2.28. The second kappa shape index (κ2) is 10.5. The van der Waals surface area contributed by atoms with Crippen LogP contribution in [0.1, 0.15) is 64.1 Å². The van der Waals surface area contributed by atoms with E-state index in [1.165, 1.54) is 5.56 Å². The second-order valence-corrected chi connectivity index (χ2v) is 8.58. The van der Waals surface area contributed by atoms with Crippen LogP contribution in [0, 0.1) is 0 Å². The maximum atomic E-state index is 13.2. The summed E-state index contributed by atoms with van der Waals surface area (Å²) in [5.74, 6) is 0.165. The molecule has 30 heavy (non-hydrogen) atoms. The number of amides is 2. The maximum absolute atomic E-state index is 13.2. The molecule has 5 nitrogen and oxygen atoms in total. The van der Waals surface area contributed by atoms with Gasteiger partial charge >= 0.3 is 0 Å². The number of aromatic nitrogens is 1. The molecule has 1 heterocycles. The van der Waals surface area contributed by atoms with E-state index < -0.39 is 0 Å². The van der Waals surface area contributed by atoms with Crippen molar-refractivity contribution >= 4 is 11.8 Å². The molecule has 0 N–H and O–H groups in total. The van der Waals surface area contributed by atoms with Gasteiger partial charge in [0.25, 0.3) is 0 Å². The SMILES string of the molecule is CCCCC(=O)N(CC(=O)N(Cc1cccn1Cc1ccccc1)C(C)C)C1CC1. The predicted octanol–water partition coefficient (Wildman–Crippen LogP) is 4.45. The molecule has 2 amide bonds. The van der Waals surface area contributed by atoms with E-state index in [0.29, 0.717) is 13.0 Å². The van der Waals surface area contributed by atoms with Gasteiger partial charge in [0, 0.05) is 36.9 Å². The zero-order valence-electron chi connectivity index (χ0n) is 18.6. The standard InChI is InChI=1S/C25H35N3O2/c1-4-5-13-24(29)28(22-14-15-22)19-25(30)27(20(2)3)18-23-12-9-16-26(23)17-21-10-7-6-8-11-21/h6-12,16,20,22H,4-5,13-15,17-19H2,1-3H3. The fraction of sp³-hybridized carbons (Fsp3) is 0.520. The Morgan fingerprint density at radius 1 is 1.07 bits per heavy atom. The highest BCUT2D eigenvalue weighted by molar-refractivity contribution is 5.85. The van der Waals surface area contributed by atoms with Crippen LogP contribution < -0.4 is 0 Å². The minimum absolute atomic E-state index is 0.0363. The van der Waals surface area contributed by atoms with Gasteiger partial charge in [0.05, 0.1) is 6.54 Å². The third kappa shape index (κ3) is 5.97. The van der Waals surface area contributed by atoms with Gasteiger partial charge in [0.2, 0.25) is 11.8 Å². The smallest absolute Gasteiger partial charge is 0.242 e. The van der Waals surface area contributed by atoms with Crippen molar-refractivity contribution in [1.29, 1.82) is 0 Å². The highest BCUT2D eigenvalue weighted by Gasteiger charge is 2.34. The first kappa shape index (κ1) is 22.1. The van der Waals surface area contributed by atoms with Gasteiger partial charge in [-0.05, 0) is 50.8 Å². The summed E-state index contributed by atoms with van der Waals surface area (Å²) in [6.07, 6.45) is 6.53. The van der Waals surface area contributed by atoms with Crippen LogP contribution in [-0.4, -0.2) is 44.8 Å². The summed E-state index contributed by atoms with van der Waals surface area (Å²) in [4.78, 5) is 29.6. The van der Waals surface area contributed by atoms with Gasteiger partial charge in [-0.2, -0.15) is 0 Å². The molecule has 0 aliphatic heterocycles. The Morgan fingerprint density at radius 2 is 1.80 bits per heavy atom. The first-order chi connectivity index (χ1) is 14.5. The number of benzene rings is 1. The summed E-state index contributed by atoms with van der Waals surface area (Å²) >= 11 is 0. The quantitative estimate of drug-likeness (QED) is 0.550. The molecule has 1 saturated carbocycles. The summed E-state index contributed by atoms with van der Waals surface area (Å²) in [6, 6.07) is 14.8. The summed E-state index contributed by atoms with van der Waals surface area (Å²) in [5, 5.41) is 0. The number of hydrogen-bond acceptors (Lipinski definition) is 2. The molecule has 0 saturated heterocycles. The molecule has 0 spiro atoms. The van der Waals surface area contributed by atoms with Crippen LogP contribution in [0.5, 0.6) is 0 Å². The number of carbonyl (C=O) groups excluding carboxylic acids is 2. The largest absolute Gasteiger partial charge is 0.345 e. The Morgan fingerprint density at radius 3 is 2.43 bits per heavy atom. The summed E-state index contributed by atoms with van der Waals surface area (Å²) in [6.45, 7) is 7.71. The zero-order valence-corrected chi connectivity index (χ0v) is 18.6. The van der Waals surface area contributed by atoms with E-state index >= 15 is 0 Å². The Balaban J connectivity index is 1.68. The molecule has 0 bridgehead atoms. The number of unbranched alkanes of at least 4 members (excludes halogenated alkanes) is 1. The van der Waals surface area contributed by atoms with E-state index in [-0.39, 0.29) is 30.4 Å². The molecule has 3 rings (SSSR count). The van der Waals surface area contributed by atoms with Crippen molar-refractivity contribution in [2.75, 3.05) is 6.54 Å². The first-order valence-corrected chi connectivity index (χ1v) is 11.3. The van der Waals surface area contributed by atoms with Gasteiger partial charge in [0.1, 0.15) is 6.54 Å². The van der Waals surface area contributed by atoms with E-state index in [4.69, 9.17) is 0 Å². The summed E-state index contributed by atoms with van der Waals surface area (Å²) in [7, 11) is 0. The van der Waals surface area contributed by atoms with Crippen LogP contribution in [-0.2, 0) is 22.7 Å². The average molecular weight is 410 g/mol. The molecule has 5 heteroatoms. The van der Waals surface area contributed by atoms with E-state index in [1.54, 1.807) is 0 Å². The van der Waals surface area contributed by atoms with Gasteiger partial charge in [-0.25, -0.2) is 0 Å². The fourth-order valence-corrected chi connectivity index (χ4v) is 3.78. The number of nitrogens with zero attached hydrogens (tertiary/aromatic N) is 3. The Kier molecular flexibility index (Phi) is 7.72. The van der Waals surface area contributed by atoms with Gasteiger partial charge in [-0.1, -0.05) is 43.7 Å². The number of hydrogen-bond donors (Lipinski definition) is 0. The Labute approximate surface area is 180 Å². The lowest BCUT2D eigenvalue weighted by molar-refractivity contribution is -0.142. The minimum atomic E-state index is 0.0363. The van der Waals surface area contributed by atoms with E-state index in [0.717, 1.165) is 37.9 Å². The molecular weight excluding hydrogens is 374 g/mol. The second-order valence-electron chi connectivity index (χ2n) is 8.58. The van der Waals surface area contributed by atoms with Crippen LogP contribution in [0.15, 0.2) is 48.7 Å². The molecular formula is C25H35N3O2. The summed E-state index contributed by atoms with van der Waals surface area (Å²) in [5.41, 5.74) is 2.34. The number of rotatable bonds is 11. The van der Waals surface area contributed by atoms with Gasteiger partial charge < -0.3 is 14.4 Å². The number of carbonyl (C=O) groups is 2. The molecule has 1 aliphatic carbocycles. The third-order valence-electron chi connectivity index (χ3n) is 5.75. The Hall–Kier alpha value is -2.56. The zero-order chi connectivity index (χ0) is 21.5. The van der Waals surface area contributed by atoms with Gasteiger partial charge in [0.15, 0.2) is 0 Å². The lowest BCUT2D eigenvalue weighted by Gasteiger charge is -2.31. The van der Waals surface area contributed by atoms with Crippen LogP contribution >= 0.6 is 0 Å². The highest BCUT2D eigenvalue weighted by atomic mass is 16.2. The first-order valence-electron chi connectivity index (χ1n) is 11.3. The Bertz CT molecular complexity index is 824. The molecule has 0 radical (unpaired) electrons.